The molecule has 4 rings (SSSR count). The average molecular weight is 326 g/mol. The first kappa shape index (κ1) is 15.7. The maximum absolute atomic E-state index is 13.6. The van der Waals surface area contributed by atoms with Crippen molar-refractivity contribution in [1.82, 2.24) is 4.90 Å². The molecule has 0 spiro atoms. The lowest BCUT2D eigenvalue weighted by Crippen LogP contribution is -2.54. The molecule has 4 heteroatoms. The number of rotatable bonds is 3. The van der Waals surface area contributed by atoms with Crippen molar-refractivity contribution >= 4 is 11.8 Å². The SMILES string of the molecule is CC1(C)[C@@H]2[C@@H](C(N)=O)N(C(=O)C3(c4ccccc4)CCCC3)C[C@@H]21. The molecule has 0 unspecified atom stereocenters. The topological polar surface area (TPSA) is 63.4 Å². The predicted molar refractivity (Wildman–Crippen MR) is 92.0 cm³/mol. The van der Waals surface area contributed by atoms with Gasteiger partial charge in [-0.1, -0.05) is 57.0 Å². The molecular weight excluding hydrogens is 300 g/mol. The van der Waals surface area contributed by atoms with Crippen LogP contribution >= 0.6 is 0 Å². The Morgan fingerprint density at radius 2 is 1.75 bits per heavy atom. The summed E-state index contributed by atoms with van der Waals surface area (Å²) in [4.78, 5) is 27.5. The zero-order chi connectivity index (χ0) is 17.1. The molecule has 24 heavy (non-hydrogen) atoms. The highest BCUT2D eigenvalue weighted by Gasteiger charge is 2.70. The quantitative estimate of drug-likeness (QED) is 0.927. The van der Waals surface area contributed by atoms with Gasteiger partial charge in [0.15, 0.2) is 0 Å². The number of primary amides is 1. The van der Waals surface area contributed by atoms with Crippen LogP contribution in [0.5, 0.6) is 0 Å². The Balaban J connectivity index is 1.68. The molecule has 1 aromatic carbocycles. The van der Waals surface area contributed by atoms with E-state index in [-0.39, 0.29) is 23.1 Å². The van der Waals surface area contributed by atoms with E-state index in [9.17, 15) is 9.59 Å². The molecule has 1 aromatic rings. The van der Waals surface area contributed by atoms with Crippen LogP contribution in [-0.4, -0.2) is 29.3 Å². The third-order valence-corrected chi connectivity index (χ3v) is 6.95. The standard InChI is InChI=1S/C20H26N2O2/c1-19(2)14-12-22(16(15(14)19)17(21)23)18(24)20(10-6-7-11-20)13-8-4-3-5-9-13/h3-5,8-9,14-16H,6-7,10-12H2,1-2H3,(H2,21,23)/t14-,15-,16-/m0/s1. The summed E-state index contributed by atoms with van der Waals surface area (Å²) in [6.45, 7) is 5.05. The highest BCUT2D eigenvalue weighted by atomic mass is 16.2. The third-order valence-electron chi connectivity index (χ3n) is 6.95. The predicted octanol–water partition coefficient (Wildman–Crippen LogP) is 2.47. The first-order valence-corrected chi connectivity index (χ1v) is 9.05. The second-order valence-corrected chi connectivity index (χ2v) is 8.41. The van der Waals surface area contributed by atoms with Crippen LogP contribution in [0, 0.1) is 17.3 Å². The molecule has 128 valence electrons. The van der Waals surface area contributed by atoms with E-state index in [0.29, 0.717) is 12.5 Å². The Hall–Kier alpha value is -1.84. The summed E-state index contributed by atoms with van der Waals surface area (Å²) in [7, 11) is 0. The van der Waals surface area contributed by atoms with Gasteiger partial charge in [-0.05, 0) is 35.7 Å². The Morgan fingerprint density at radius 3 is 2.33 bits per heavy atom. The van der Waals surface area contributed by atoms with Crippen LogP contribution in [0.4, 0.5) is 0 Å². The normalized spacial score (nSPS) is 32.4. The molecule has 2 saturated carbocycles. The van der Waals surface area contributed by atoms with E-state index in [4.69, 9.17) is 5.73 Å². The van der Waals surface area contributed by atoms with Crippen molar-refractivity contribution in [3.63, 3.8) is 0 Å². The fourth-order valence-electron chi connectivity index (χ4n) is 5.46. The van der Waals surface area contributed by atoms with E-state index in [0.717, 1.165) is 31.2 Å². The van der Waals surface area contributed by atoms with Crippen molar-refractivity contribution in [1.29, 1.82) is 0 Å². The van der Waals surface area contributed by atoms with Gasteiger partial charge in [0.25, 0.3) is 0 Å². The number of fused-ring (bicyclic) bond motifs is 1. The van der Waals surface area contributed by atoms with Crippen LogP contribution in [0.25, 0.3) is 0 Å². The minimum absolute atomic E-state index is 0.123. The Bertz CT molecular complexity index is 676. The minimum Gasteiger partial charge on any atom is -0.368 e. The van der Waals surface area contributed by atoms with Gasteiger partial charge in [0, 0.05) is 6.54 Å². The molecule has 1 aliphatic heterocycles. The van der Waals surface area contributed by atoms with E-state index in [1.165, 1.54) is 0 Å². The smallest absolute Gasteiger partial charge is 0.240 e. The number of nitrogens with zero attached hydrogens (tertiary/aromatic N) is 1. The van der Waals surface area contributed by atoms with E-state index in [1.807, 2.05) is 23.1 Å². The first-order valence-electron chi connectivity index (χ1n) is 9.05. The molecular formula is C20H26N2O2. The van der Waals surface area contributed by atoms with Gasteiger partial charge >= 0.3 is 0 Å². The number of nitrogens with two attached hydrogens (primary N) is 1. The fraction of sp³-hybridized carbons (Fsp3) is 0.600. The number of likely N-dealkylation sites (tertiary alicyclic amines) is 1. The number of amides is 2. The van der Waals surface area contributed by atoms with Crippen LogP contribution in [0.15, 0.2) is 30.3 Å². The summed E-state index contributed by atoms with van der Waals surface area (Å²) >= 11 is 0. The van der Waals surface area contributed by atoms with Crippen LogP contribution in [0.1, 0.15) is 45.1 Å². The fourth-order valence-corrected chi connectivity index (χ4v) is 5.46. The van der Waals surface area contributed by atoms with Crippen molar-refractivity contribution < 1.29 is 9.59 Å². The lowest BCUT2D eigenvalue weighted by Gasteiger charge is -2.37. The van der Waals surface area contributed by atoms with Crippen molar-refractivity contribution in [2.45, 2.75) is 51.0 Å². The molecule has 2 N–H and O–H groups in total. The van der Waals surface area contributed by atoms with Crippen molar-refractivity contribution in [3.8, 4) is 0 Å². The summed E-state index contributed by atoms with van der Waals surface area (Å²) in [6, 6.07) is 9.67. The maximum atomic E-state index is 13.6. The van der Waals surface area contributed by atoms with Crippen molar-refractivity contribution in [3.05, 3.63) is 35.9 Å². The monoisotopic (exact) mass is 326 g/mol. The molecule has 3 fully saturated rings. The highest BCUT2D eigenvalue weighted by molar-refractivity contribution is 5.94. The van der Waals surface area contributed by atoms with E-state index in [2.05, 4.69) is 26.0 Å². The summed E-state index contributed by atoms with van der Waals surface area (Å²) in [5, 5.41) is 0. The molecule has 1 heterocycles. The van der Waals surface area contributed by atoms with Crippen LogP contribution in [0.2, 0.25) is 0 Å². The van der Waals surface area contributed by atoms with Crippen molar-refractivity contribution in [2.24, 2.45) is 23.0 Å². The van der Waals surface area contributed by atoms with Gasteiger partial charge in [-0.15, -0.1) is 0 Å². The molecule has 0 radical (unpaired) electrons. The molecule has 2 aliphatic carbocycles. The van der Waals surface area contributed by atoms with E-state index >= 15 is 0 Å². The number of hydrogen-bond donors (Lipinski definition) is 1. The van der Waals surface area contributed by atoms with E-state index in [1.54, 1.807) is 0 Å². The Labute approximate surface area is 143 Å². The Kier molecular flexibility index (Phi) is 3.32. The Morgan fingerprint density at radius 1 is 1.12 bits per heavy atom. The highest BCUT2D eigenvalue weighted by Crippen LogP contribution is 2.65. The number of piperidine rings is 1. The second kappa shape index (κ2) is 5.08. The molecule has 0 bridgehead atoms. The molecule has 3 aliphatic rings. The second-order valence-electron chi connectivity index (χ2n) is 8.41. The molecule has 1 saturated heterocycles. The van der Waals surface area contributed by atoms with Crippen LogP contribution in [-0.2, 0) is 15.0 Å². The number of benzene rings is 1. The molecule has 0 aromatic heterocycles. The molecule has 4 nitrogen and oxygen atoms in total. The summed E-state index contributed by atoms with van der Waals surface area (Å²) in [5.41, 5.74) is 6.47. The molecule has 2 amide bonds. The zero-order valence-electron chi connectivity index (χ0n) is 14.5. The molecule has 3 atom stereocenters. The van der Waals surface area contributed by atoms with Crippen LogP contribution in [0.3, 0.4) is 0 Å². The van der Waals surface area contributed by atoms with Gasteiger partial charge in [-0.3, -0.25) is 9.59 Å². The lowest BCUT2D eigenvalue weighted by molar-refractivity contribution is -0.144. The summed E-state index contributed by atoms with van der Waals surface area (Å²) < 4.78 is 0. The summed E-state index contributed by atoms with van der Waals surface area (Å²) in [6.07, 6.45) is 3.87. The van der Waals surface area contributed by atoms with Gasteiger partial charge in [0.2, 0.25) is 11.8 Å². The van der Waals surface area contributed by atoms with Gasteiger partial charge in [-0.25, -0.2) is 0 Å². The van der Waals surface area contributed by atoms with Gasteiger partial charge in [0.05, 0.1) is 5.41 Å². The van der Waals surface area contributed by atoms with Gasteiger partial charge < -0.3 is 10.6 Å². The van der Waals surface area contributed by atoms with Crippen molar-refractivity contribution in [2.75, 3.05) is 6.54 Å². The minimum atomic E-state index is -0.462. The van der Waals surface area contributed by atoms with Gasteiger partial charge in [0.1, 0.15) is 6.04 Å². The average Bonchev–Trinajstić information content (AvgIpc) is 3.04. The van der Waals surface area contributed by atoms with Crippen LogP contribution < -0.4 is 5.73 Å². The lowest BCUT2D eigenvalue weighted by atomic mass is 9.77. The van der Waals surface area contributed by atoms with E-state index < -0.39 is 11.5 Å². The maximum Gasteiger partial charge on any atom is 0.240 e. The first-order chi connectivity index (χ1) is 11.4. The number of hydrogen-bond acceptors (Lipinski definition) is 2. The zero-order valence-corrected chi connectivity index (χ0v) is 14.5. The third kappa shape index (κ3) is 1.98. The summed E-state index contributed by atoms with van der Waals surface area (Å²) in [5.74, 6) is 0.419. The van der Waals surface area contributed by atoms with Gasteiger partial charge in [-0.2, -0.15) is 0 Å². The number of carbonyl (C=O) groups excluding carboxylic acids is 2. The largest absolute Gasteiger partial charge is 0.368 e. The number of carbonyl (C=O) groups is 2.